The zero-order chi connectivity index (χ0) is 14.4. The van der Waals surface area contributed by atoms with Crippen LogP contribution in [0.3, 0.4) is 0 Å². The molecule has 0 amide bonds. The lowest BCUT2D eigenvalue weighted by atomic mass is 9.98. The molecule has 0 aromatic heterocycles. The highest BCUT2D eigenvalue weighted by Gasteiger charge is 2.11. The van der Waals surface area contributed by atoms with E-state index in [2.05, 4.69) is 59.1 Å². The van der Waals surface area contributed by atoms with Crippen LogP contribution < -0.4 is 5.32 Å². The van der Waals surface area contributed by atoms with Gasteiger partial charge in [0.1, 0.15) is 5.82 Å². The molecule has 1 N–H and O–H groups in total. The lowest BCUT2D eigenvalue weighted by Gasteiger charge is -2.19. The van der Waals surface area contributed by atoms with Crippen LogP contribution in [-0.4, -0.2) is 6.54 Å². The van der Waals surface area contributed by atoms with E-state index in [-0.39, 0.29) is 11.9 Å². The van der Waals surface area contributed by atoms with Crippen molar-refractivity contribution in [1.29, 1.82) is 0 Å². The van der Waals surface area contributed by atoms with E-state index >= 15 is 0 Å². The molecule has 1 nitrogen and oxygen atoms in total. The minimum atomic E-state index is -0.183. The topological polar surface area (TPSA) is 12.0 Å². The summed E-state index contributed by atoms with van der Waals surface area (Å²) in [5, 5.41) is 3.54. The molecule has 20 heavy (non-hydrogen) atoms. The summed E-state index contributed by atoms with van der Waals surface area (Å²) < 4.78 is 14.3. The van der Waals surface area contributed by atoms with E-state index in [0.717, 1.165) is 24.9 Å². The fraction of sp³-hybridized carbons (Fsp3) is 0.294. The molecule has 106 valence electrons. The van der Waals surface area contributed by atoms with Crippen LogP contribution in [0.2, 0.25) is 0 Å². The third kappa shape index (κ3) is 4.56. The molecule has 3 heteroatoms. The molecule has 0 saturated carbocycles. The molecule has 2 rings (SSSR count). The van der Waals surface area contributed by atoms with Gasteiger partial charge in [-0.1, -0.05) is 31.2 Å². The third-order valence-corrected chi connectivity index (χ3v) is 3.99. The Kier molecular flexibility index (Phi) is 5.98. The van der Waals surface area contributed by atoms with Crippen molar-refractivity contribution >= 4 is 22.6 Å². The van der Waals surface area contributed by atoms with Crippen LogP contribution in [0.4, 0.5) is 4.39 Å². The number of hydrogen-bond acceptors (Lipinski definition) is 1. The molecule has 0 saturated heterocycles. The van der Waals surface area contributed by atoms with Gasteiger partial charge in [-0.3, -0.25) is 0 Å². The van der Waals surface area contributed by atoms with Crippen LogP contribution in [0.25, 0.3) is 0 Å². The predicted molar refractivity (Wildman–Crippen MR) is 90.3 cm³/mol. The van der Waals surface area contributed by atoms with Crippen molar-refractivity contribution in [2.24, 2.45) is 0 Å². The van der Waals surface area contributed by atoms with Gasteiger partial charge < -0.3 is 5.32 Å². The summed E-state index contributed by atoms with van der Waals surface area (Å²) in [5.74, 6) is -0.183. The zero-order valence-corrected chi connectivity index (χ0v) is 13.7. The fourth-order valence-electron chi connectivity index (χ4n) is 2.18. The van der Waals surface area contributed by atoms with Crippen LogP contribution in [-0.2, 0) is 6.42 Å². The van der Waals surface area contributed by atoms with Crippen molar-refractivity contribution in [2.75, 3.05) is 6.54 Å². The molecular weight excluding hydrogens is 364 g/mol. The standard InChI is InChI=1S/C17H19FIN/c1-2-11-20-17(14-5-7-15(18)8-6-14)12-13-3-9-16(19)10-4-13/h3-10,17,20H,2,11-12H2,1H3. The van der Waals surface area contributed by atoms with Gasteiger partial charge in [0, 0.05) is 9.61 Å². The first-order valence-corrected chi connectivity index (χ1v) is 8.00. The molecule has 0 fully saturated rings. The quantitative estimate of drug-likeness (QED) is 0.713. The number of benzene rings is 2. The van der Waals surface area contributed by atoms with Gasteiger partial charge in [0.05, 0.1) is 0 Å². The average Bonchev–Trinajstić information content (AvgIpc) is 2.46. The van der Waals surface area contributed by atoms with Gasteiger partial charge in [-0.2, -0.15) is 0 Å². The molecule has 0 aliphatic carbocycles. The Labute approximate surface area is 133 Å². The molecule has 2 aromatic carbocycles. The predicted octanol–water partition coefficient (Wildman–Crippen LogP) is 4.71. The Morgan fingerprint density at radius 2 is 1.70 bits per heavy atom. The van der Waals surface area contributed by atoms with Gasteiger partial charge in [0.2, 0.25) is 0 Å². The van der Waals surface area contributed by atoms with Gasteiger partial charge in [-0.05, 0) is 77.4 Å². The minimum Gasteiger partial charge on any atom is -0.310 e. The van der Waals surface area contributed by atoms with E-state index in [1.807, 2.05) is 12.1 Å². The van der Waals surface area contributed by atoms with Gasteiger partial charge in [0.25, 0.3) is 0 Å². The largest absolute Gasteiger partial charge is 0.310 e. The zero-order valence-electron chi connectivity index (χ0n) is 11.6. The van der Waals surface area contributed by atoms with E-state index in [1.165, 1.54) is 21.3 Å². The van der Waals surface area contributed by atoms with Gasteiger partial charge in [-0.15, -0.1) is 0 Å². The normalized spacial score (nSPS) is 12.3. The minimum absolute atomic E-state index is 0.183. The van der Waals surface area contributed by atoms with Crippen molar-refractivity contribution in [3.05, 3.63) is 69.0 Å². The summed E-state index contributed by atoms with van der Waals surface area (Å²) >= 11 is 2.31. The second kappa shape index (κ2) is 7.74. The summed E-state index contributed by atoms with van der Waals surface area (Å²) in [7, 11) is 0. The second-order valence-electron chi connectivity index (χ2n) is 4.89. The van der Waals surface area contributed by atoms with E-state index < -0.39 is 0 Å². The van der Waals surface area contributed by atoms with Crippen LogP contribution in [0.5, 0.6) is 0 Å². The third-order valence-electron chi connectivity index (χ3n) is 3.27. The van der Waals surface area contributed by atoms with E-state index in [0.29, 0.717) is 0 Å². The first kappa shape index (κ1) is 15.4. The van der Waals surface area contributed by atoms with E-state index in [4.69, 9.17) is 0 Å². The maximum absolute atomic E-state index is 13.1. The average molecular weight is 383 g/mol. The molecule has 2 aromatic rings. The molecular formula is C17H19FIN. The fourth-order valence-corrected chi connectivity index (χ4v) is 2.54. The Balaban J connectivity index is 2.14. The van der Waals surface area contributed by atoms with E-state index in [1.54, 1.807) is 0 Å². The second-order valence-corrected chi connectivity index (χ2v) is 6.13. The SMILES string of the molecule is CCCNC(Cc1ccc(I)cc1)c1ccc(F)cc1. The van der Waals surface area contributed by atoms with Crippen LogP contribution in [0.1, 0.15) is 30.5 Å². The highest BCUT2D eigenvalue weighted by Crippen LogP contribution is 2.20. The van der Waals surface area contributed by atoms with Crippen LogP contribution in [0, 0.1) is 9.39 Å². The maximum Gasteiger partial charge on any atom is 0.123 e. The molecule has 0 aliphatic rings. The molecule has 0 spiro atoms. The summed E-state index contributed by atoms with van der Waals surface area (Å²) in [4.78, 5) is 0. The number of hydrogen-bond donors (Lipinski definition) is 1. The molecule has 0 aliphatic heterocycles. The maximum atomic E-state index is 13.1. The summed E-state index contributed by atoms with van der Waals surface area (Å²) in [6.07, 6.45) is 2.01. The highest BCUT2D eigenvalue weighted by atomic mass is 127. The van der Waals surface area contributed by atoms with Crippen molar-refractivity contribution < 1.29 is 4.39 Å². The van der Waals surface area contributed by atoms with Crippen molar-refractivity contribution in [3.8, 4) is 0 Å². The van der Waals surface area contributed by atoms with Gasteiger partial charge >= 0.3 is 0 Å². The molecule has 1 atom stereocenters. The first-order valence-electron chi connectivity index (χ1n) is 6.92. The van der Waals surface area contributed by atoms with E-state index in [9.17, 15) is 4.39 Å². The molecule has 0 heterocycles. The monoisotopic (exact) mass is 383 g/mol. The smallest absolute Gasteiger partial charge is 0.123 e. The number of nitrogens with one attached hydrogen (secondary N) is 1. The Morgan fingerprint density at radius 1 is 1.05 bits per heavy atom. The lowest BCUT2D eigenvalue weighted by Crippen LogP contribution is -2.24. The first-order chi connectivity index (χ1) is 9.69. The van der Waals surface area contributed by atoms with Crippen molar-refractivity contribution in [3.63, 3.8) is 0 Å². The molecule has 0 radical (unpaired) electrons. The Hall–Kier alpha value is -0.940. The van der Waals surface area contributed by atoms with Crippen molar-refractivity contribution in [1.82, 2.24) is 5.32 Å². The van der Waals surface area contributed by atoms with Gasteiger partial charge in [0.15, 0.2) is 0 Å². The lowest BCUT2D eigenvalue weighted by molar-refractivity contribution is 0.527. The molecule has 0 bridgehead atoms. The summed E-state index contributed by atoms with van der Waals surface area (Å²) in [5.41, 5.74) is 2.43. The number of rotatable bonds is 6. The van der Waals surface area contributed by atoms with Crippen molar-refractivity contribution in [2.45, 2.75) is 25.8 Å². The Morgan fingerprint density at radius 3 is 2.30 bits per heavy atom. The number of halogens is 2. The van der Waals surface area contributed by atoms with Crippen LogP contribution >= 0.6 is 22.6 Å². The Bertz CT molecular complexity index is 522. The van der Waals surface area contributed by atoms with Gasteiger partial charge in [-0.25, -0.2) is 4.39 Å². The summed E-state index contributed by atoms with van der Waals surface area (Å²) in [6, 6.07) is 15.6. The van der Waals surface area contributed by atoms with Crippen LogP contribution in [0.15, 0.2) is 48.5 Å². The highest BCUT2D eigenvalue weighted by molar-refractivity contribution is 14.1. The summed E-state index contributed by atoms with van der Waals surface area (Å²) in [6.45, 7) is 3.12. The molecule has 1 unspecified atom stereocenters.